The summed E-state index contributed by atoms with van der Waals surface area (Å²) in [5, 5.41) is 0. The molecule has 4 saturated carbocycles. The Morgan fingerprint density at radius 3 is 2.42 bits per heavy atom. The van der Waals surface area contributed by atoms with Crippen LogP contribution in [0.3, 0.4) is 0 Å². The van der Waals surface area contributed by atoms with E-state index >= 15 is 0 Å². The van der Waals surface area contributed by atoms with Crippen LogP contribution in [-0.2, 0) is 5.41 Å². The average Bonchev–Trinajstić information content (AvgIpc) is 2.37. The van der Waals surface area contributed by atoms with Gasteiger partial charge in [0.1, 0.15) is 0 Å². The van der Waals surface area contributed by atoms with E-state index < -0.39 is 0 Å². The molecule has 2 atom stereocenters. The van der Waals surface area contributed by atoms with Gasteiger partial charge in [0, 0.05) is 0 Å². The fraction of sp³-hybridized carbons (Fsp3) is 0.667. The molecule has 1 aromatic carbocycles. The standard InChI is InChI=1S/C18H25N/c1-13-4-2-3-5-16(13)18-9-14-6-15(10-18)8-17(7-14,11-18)12-19/h2-5,14-15H,6-12,19H2,1H3. The van der Waals surface area contributed by atoms with Crippen molar-refractivity contribution >= 4 is 0 Å². The van der Waals surface area contributed by atoms with E-state index in [0.717, 1.165) is 18.4 Å². The van der Waals surface area contributed by atoms with Gasteiger partial charge in [0.15, 0.2) is 0 Å². The maximum absolute atomic E-state index is 6.20. The fourth-order valence-corrected chi connectivity index (χ4v) is 6.17. The molecule has 5 rings (SSSR count). The van der Waals surface area contributed by atoms with Gasteiger partial charge in [-0.05, 0) is 85.8 Å². The molecule has 4 aliphatic carbocycles. The highest BCUT2D eigenvalue weighted by Crippen LogP contribution is 2.65. The summed E-state index contributed by atoms with van der Waals surface area (Å²) < 4.78 is 0. The first kappa shape index (κ1) is 12.0. The molecule has 2 N–H and O–H groups in total. The minimum absolute atomic E-state index is 0.467. The molecule has 1 nitrogen and oxygen atoms in total. The molecule has 4 aliphatic rings. The lowest BCUT2D eigenvalue weighted by Crippen LogP contribution is -2.56. The summed E-state index contributed by atoms with van der Waals surface area (Å²) in [6.45, 7) is 3.21. The Hall–Kier alpha value is -0.820. The molecular weight excluding hydrogens is 230 g/mol. The van der Waals surface area contributed by atoms with Crippen LogP contribution in [0.15, 0.2) is 24.3 Å². The molecule has 1 heteroatoms. The topological polar surface area (TPSA) is 26.0 Å². The zero-order chi connectivity index (χ0) is 13.1. The maximum atomic E-state index is 6.20. The van der Waals surface area contributed by atoms with Gasteiger partial charge in [0.2, 0.25) is 0 Å². The van der Waals surface area contributed by atoms with Gasteiger partial charge >= 0.3 is 0 Å². The first-order valence-corrected chi connectivity index (χ1v) is 7.91. The summed E-state index contributed by atoms with van der Waals surface area (Å²) >= 11 is 0. The second-order valence-corrected chi connectivity index (χ2v) is 7.76. The van der Waals surface area contributed by atoms with Crippen LogP contribution in [-0.4, -0.2) is 6.54 Å². The van der Waals surface area contributed by atoms with Crippen molar-refractivity contribution in [2.45, 2.75) is 50.9 Å². The second-order valence-electron chi connectivity index (χ2n) is 7.76. The Kier molecular flexibility index (Phi) is 2.42. The molecule has 0 aliphatic heterocycles. The van der Waals surface area contributed by atoms with E-state index in [0.29, 0.717) is 10.8 Å². The highest BCUT2D eigenvalue weighted by Gasteiger charge is 2.57. The van der Waals surface area contributed by atoms with Gasteiger partial charge in [-0.25, -0.2) is 0 Å². The molecule has 1 aromatic rings. The van der Waals surface area contributed by atoms with Crippen molar-refractivity contribution in [1.29, 1.82) is 0 Å². The number of rotatable bonds is 2. The lowest BCUT2D eigenvalue weighted by molar-refractivity contribution is -0.0668. The highest BCUT2D eigenvalue weighted by molar-refractivity contribution is 5.36. The first-order chi connectivity index (χ1) is 9.15. The van der Waals surface area contributed by atoms with Crippen molar-refractivity contribution in [2.75, 3.05) is 6.54 Å². The SMILES string of the molecule is Cc1ccccc1C12CC3CC(CC(CN)(C3)C1)C2. The molecule has 0 aromatic heterocycles. The largest absolute Gasteiger partial charge is 0.330 e. The van der Waals surface area contributed by atoms with Gasteiger partial charge in [0.25, 0.3) is 0 Å². The number of benzene rings is 1. The Bertz CT molecular complexity index is 490. The third-order valence-corrected chi connectivity index (χ3v) is 6.33. The summed E-state index contributed by atoms with van der Waals surface area (Å²) in [6, 6.07) is 9.10. The van der Waals surface area contributed by atoms with E-state index in [2.05, 4.69) is 31.2 Å². The molecule has 0 amide bonds. The summed E-state index contributed by atoms with van der Waals surface area (Å²) in [7, 11) is 0. The third kappa shape index (κ3) is 1.64. The van der Waals surface area contributed by atoms with Crippen molar-refractivity contribution in [3.8, 4) is 0 Å². The Morgan fingerprint density at radius 2 is 1.79 bits per heavy atom. The Labute approximate surface area is 116 Å². The quantitative estimate of drug-likeness (QED) is 0.855. The molecule has 4 fully saturated rings. The van der Waals surface area contributed by atoms with Crippen LogP contribution in [0, 0.1) is 24.2 Å². The van der Waals surface area contributed by atoms with Gasteiger partial charge in [-0.1, -0.05) is 24.3 Å². The molecule has 0 saturated heterocycles. The summed E-state index contributed by atoms with van der Waals surface area (Å²) in [4.78, 5) is 0. The molecule has 102 valence electrons. The first-order valence-electron chi connectivity index (χ1n) is 7.91. The van der Waals surface area contributed by atoms with Crippen LogP contribution in [0.25, 0.3) is 0 Å². The lowest BCUT2D eigenvalue weighted by Gasteiger charge is -2.62. The van der Waals surface area contributed by atoms with E-state index in [-0.39, 0.29) is 0 Å². The van der Waals surface area contributed by atoms with Crippen molar-refractivity contribution in [2.24, 2.45) is 23.0 Å². The van der Waals surface area contributed by atoms with Crippen LogP contribution in [0.5, 0.6) is 0 Å². The number of hydrogen-bond donors (Lipinski definition) is 1. The van der Waals surface area contributed by atoms with Crippen LogP contribution >= 0.6 is 0 Å². The highest BCUT2D eigenvalue weighted by atomic mass is 14.7. The molecule has 0 heterocycles. The number of aryl methyl sites for hydroxylation is 1. The third-order valence-electron chi connectivity index (χ3n) is 6.33. The minimum atomic E-state index is 0.467. The molecule has 0 radical (unpaired) electrons. The van der Waals surface area contributed by atoms with Crippen molar-refractivity contribution in [3.63, 3.8) is 0 Å². The van der Waals surface area contributed by atoms with Gasteiger partial charge in [-0.3, -0.25) is 0 Å². The van der Waals surface area contributed by atoms with Crippen LogP contribution in [0.1, 0.15) is 49.7 Å². The lowest BCUT2D eigenvalue weighted by atomic mass is 9.42. The Balaban J connectivity index is 1.81. The fourth-order valence-electron chi connectivity index (χ4n) is 6.17. The van der Waals surface area contributed by atoms with Crippen molar-refractivity contribution < 1.29 is 0 Å². The Morgan fingerprint density at radius 1 is 1.11 bits per heavy atom. The number of nitrogens with two attached hydrogens (primary N) is 1. The molecule has 2 unspecified atom stereocenters. The predicted molar refractivity (Wildman–Crippen MR) is 79.0 cm³/mol. The summed E-state index contributed by atoms with van der Waals surface area (Å²) in [5.41, 5.74) is 10.3. The van der Waals surface area contributed by atoms with Crippen molar-refractivity contribution in [3.05, 3.63) is 35.4 Å². The minimum Gasteiger partial charge on any atom is -0.330 e. The summed E-state index contributed by atoms with van der Waals surface area (Å²) in [5.74, 6) is 1.90. The zero-order valence-corrected chi connectivity index (χ0v) is 12.0. The van der Waals surface area contributed by atoms with Crippen LogP contribution < -0.4 is 5.73 Å². The monoisotopic (exact) mass is 255 g/mol. The normalized spacial score (nSPS) is 43.7. The second kappa shape index (κ2) is 3.85. The van der Waals surface area contributed by atoms with Gasteiger partial charge in [-0.2, -0.15) is 0 Å². The van der Waals surface area contributed by atoms with E-state index in [4.69, 9.17) is 5.73 Å². The smallest absolute Gasteiger partial charge is 0.00200 e. The average molecular weight is 255 g/mol. The van der Waals surface area contributed by atoms with E-state index in [1.165, 1.54) is 44.1 Å². The predicted octanol–water partition coefficient (Wildman–Crippen LogP) is 3.79. The molecule has 19 heavy (non-hydrogen) atoms. The van der Waals surface area contributed by atoms with Crippen LogP contribution in [0.4, 0.5) is 0 Å². The van der Waals surface area contributed by atoms with E-state index in [9.17, 15) is 0 Å². The van der Waals surface area contributed by atoms with Gasteiger partial charge in [-0.15, -0.1) is 0 Å². The van der Waals surface area contributed by atoms with E-state index in [1.54, 1.807) is 5.56 Å². The van der Waals surface area contributed by atoms with Gasteiger partial charge in [0.05, 0.1) is 0 Å². The maximum Gasteiger partial charge on any atom is -0.00200 e. The number of hydrogen-bond acceptors (Lipinski definition) is 1. The van der Waals surface area contributed by atoms with Crippen molar-refractivity contribution in [1.82, 2.24) is 0 Å². The summed E-state index contributed by atoms with van der Waals surface area (Å²) in [6.07, 6.45) is 8.51. The van der Waals surface area contributed by atoms with Gasteiger partial charge < -0.3 is 5.73 Å². The van der Waals surface area contributed by atoms with Crippen LogP contribution in [0.2, 0.25) is 0 Å². The molecule has 0 spiro atoms. The zero-order valence-electron chi connectivity index (χ0n) is 12.0. The molecule has 4 bridgehead atoms. The van der Waals surface area contributed by atoms with E-state index in [1.807, 2.05) is 0 Å². The molecular formula is C18H25N.